The van der Waals surface area contributed by atoms with Crippen molar-refractivity contribution in [3.05, 3.63) is 128 Å². The van der Waals surface area contributed by atoms with Crippen LogP contribution in [0.15, 0.2) is 77.9 Å². The quantitative estimate of drug-likeness (QED) is 0.170. The van der Waals surface area contributed by atoms with Crippen LogP contribution in [0, 0.1) is 26.7 Å². The van der Waals surface area contributed by atoms with E-state index in [9.17, 15) is 0 Å². The molecule has 0 aromatic heterocycles. The van der Waals surface area contributed by atoms with E-state index >= 15 is 0 Å². The van der Waals surface area contributed by atoms with Crippen molar-refractivity contribution in [1.29, 1.82) is 0 Å². The third-order valence-electron chi connectivity index (χ3n) is 12.6. The van der Waals surface area contributed by atoms with Gasteiger partial charge in [0.05, 0.1) is 0 Å². The van der Waals surface area contributed by atoms with Crippen LogP contribution in [0.1, 0.15) is 120 Å². The Balaban J connectivity index is 1.58. The van der Waals surface area contributed by atoms with Crippen molar-refractivity contribution in [2.45, 2.75) is 114 Å². The van der Waals surface area contributed by atoms with Gasteiger partial charge in [0.2, 0.25) is 0 Å². The molecular formula is C47H59Cl2SiZr. The zero-order chi connectivity index (χ0) is 37.6. The van der Waals surface area contributed by atoms with Crippen LogP contribution < -0.4 is 0 Å². The Morgan fingerprint density at radius 2 is 1.16 bits per heavy atom. The molecule has 4 heteroatoms. The van der Waals surface area contributed by atoms with Crippen LogP contribution in [-0.4, -0.2) is 5.92 Å². The second kappa shape index (κ2) is 13.1. The zero-order valence-electron chi connectivity index (χ0n) is 33.6. The summed E-state index contributed by atoms with van der Waals surface area (Å²) in [5.41, 5.74) is 20.4. The Bertz CT molecular complexity index is 2080. The average Bonchev–Trinajstić information content (AvgIpc) is 3.63. The standard InChI is InChI=1S/C23H27.C22H25.C2H7Si.2ClH.Zr/c1-14-12-20-16(3)15(2)17(4)22(21(20)13-14)18-8-10-19(11-9-18)23(5,6)7;1-15(2)18-13-17-7-6-8-20(21(17)14-18)16-9-11-19(12-10-16)22(3,4)5;1-3-2;;;/h8-13H,1-7H3;6-15H,1-5H3;3H,1-2H3;2*1H;/q;;;;;+2/p-2. The Kier molecular flexibility index (Phi) is 9.96. The molecule has 0 N–H and O–H groups in total. The summed E-state index contributed by atoms with van der Waals surface area (Å²) in [4.78, 5) is 0. The van der Waals surface area contributed by atoms with Crippen LogP contribution >= 0.6 is 17.0 Å². The summed E-state index contributed by atoms with van der Waals surface area (Å²) < 4.78 is 0.135. The molecule has 2 unspecified atom stereocenters. The number of hydrogen-bond acceptors (Lipinski definition) is 0. The molecule has 4 aromatic rings. The number of benzene rings is 4. The van der Waals surface area contributed by atoms with Crippen LogP contribution in [0.3, 0.4) is 0 Å². The molecule has 6 rings (SSSR count). The number of allylic oxidation sites excluding steroid dienone is 2. The number of hydrogen-bond donors (Lipinski definition) is 0. The minimum absolute atomic E-state index is 0.0659. The van der Waals surface area contributed by atoms with Crippen molar-refractivity contribution in [2.24, 2.45) is 5.92 Å². The molecule has 2 atom stereocenters. The van der Waals surface area contributed by atoms with Gasteiger partial charge in [0.15, 0.2) is 0 Å². The van der Waals surface area contributed by atoms with Crippen molar-refractivity contribution in [1.82, 2.24) is 0 Å². The Labute approximate surface area is 318 Å². The van der Waals surface area contributed by atoms with Gasteiger partial charge in [-0.05, 0) is 0 Å². The van der Waals surface area contributed by atoms with Gasteiger partial charge >= 0.3 is 321 Å². The van der Waals surface area contributed by atoms with Gasteiger partial charge < -0.3 is 0 Å². The third-order valence-corrected chi connectivity index (χ3v) is 64.6. The van der Waals surface area contributed by atoms with Crippen LogP contribution in [0.5, 0.6) is 0 Å². The Hall–Kier alpha value is -1.96. The van der Waals surface area contributed by atoms with Crippen LogP contribution in [-0.2, 0) is 26.4 Å². The summed E-state index contributed by atoms with van der Waals surface area (Å²) in [6.45, 7) is 32.6. The van der Waals surface area contributed by atoms with E-state index in [1.54, 1.807) is 0 Å². The first-order valence-electron chi connectivity index (χ1n) is 19.0. The summed E-state index contributed by atoms with van der Waals surface area (Å²) in [7, 11) is 17.6. The molecule has 0 bridgehead atoms. The van der Waals surface area contributed by atoms with Gasteiger partial charge in [0.1, 0.15) is 0 Å². The van der Waals surface area contributed by atoms with Gasteiger partial charge in [-0.3, -0.25) is 0 Å². The molecule has 0 amide bonds. The molecule has 0 radical (unpaired) electrons. The molecule has 0 spiro atoms. The fraction of sp³-hybridized carbons (Fsp3) is 0.404. The molecule has 0 saturated carbocycles. The maximum atomic E-state index is 8.79. The molecule has 0 saturated heterocycles. The molecular weight excluding hydrogens is 755 g/mol. The monoisotopic (exact) mass is 811 g/mol. The first kappa shape index (κ1) is 38.8. The Morgan fingerprint density at radius 3 is 1.65 bits per heavy atom. The SMILES string of the molecule is CC1=Cc2c(-c3ccc(C(C)(C)C)cc3)c(C)c(C)c(C)c2[CH]1[Zr]([Cl])([Cl])([CH]1C(C(C)C)=Cc2c(-c3ccc(C(C)(C)C)cc3)cccc21)[SiH](C)C. The summed E-state index contributed by atoms with van der Waals surface area (Å²) in [5.74, 6) is -1.35. The Morgan fingerprint density at radius 1 is 0.627 bits per heavy atom. The zero-order valence-corrected chi connectivity index (χ0v) is 38.7. The van der Waals surface area contributed by atoms with Crippen molar-refractivity contribution < 1.29 is 15.6 Å². The van der Waals surface area contributed by atoms with Crippen LogP contribution in [0.2, 0.25) is 13.1 Å². The molecule has 4 aromatic carbocycles. The maximum absolute atomic E-state index is 8.79. The van der Waals surface area contributed by atoms with Gasteiger partial charge in [-0.15, -0.1) is 0 Å². The second-order valence-electron chi connectivity index (χ2n) is 18.5. The number of halogens is 2. The summed E-state index contributed by atoms with van der Waals surface area (Å²) >= 11 is -4.92. The first-order chi connectivity index (χ1) is 23.6. The molecule has 0 aliphatic heterocycles. The molecule has 0 fully saturated rings. The van der Waals surface area contributed by atoms with Gasteiger partial charge in [-0.25, -0.2) is 0 Å². The second-order valence-corrected chi connectivity index (χ2v) is 61.0. The van der Waals surface area contributed by atoms with E-state index in [1.807, 2.05) is 0 Å². The molecule has 0 nitrogen and oxygen atoms in total. The predicted octanol–water partition coefficient (Wildman–Crippen LogP) is 14.8. The summed E-state index contributed by atoms with van der Waals surface area (Å²) in [6, 6.07) is 25.4. The minimum atomic E-state index is -4.92. The van der Waals surface area contributed by atoms with E-state index in [0.717, 1.165) is 0 Å². The molecule has 51 heavy (non-hydrogen) atoms. The molecule has 2 aliphatic rings. The number of rotatable bonds is 6. The van der Waals surface area contributed by atoms with Crippen molar-refractivity contribution in [2.75, 3.05) is 0 Å². The van der Waals surface area contributed by atoms with Crippen LogP contribution in [0.4, 0.5) is 0 Å². The fourth-order valence-corrected chi connectivity index (χ4v) is 41.5. The average molecular weight is 814 g/mol. The number of fused-ring (bicyclic) bond motifs is 2. The molecule has 0 heterocycles. The normalized spacial score (nSPS) is 18.4. The summed E-state index contributed by atoms with van der Waals surface area (Å²) in [5, 5.41) is 0. The van der Waals surface area contributed by atoms with E-state index < -0.39 is 21.5 Å². The topological polar surface area (TPSA) is 0 Å². The van der Waals surface area contributed by atoms with E-state index in [0.29, 0.717) is 5.92 Å². The van der Waals surface area contributed by atoms with E-state index in [-0.39, 0.29) is 18.1 Å². The van der Waals surface area contributed by atoms with Crippen LogP contribution in [0.25, 0.3) is 34.4 Å². The van der Waals surface area contributed by atoms with Gasteiger partial charge in [0, 0.05) is 0 Å². The van der Waals surface area contributed by atoms with Crippen molar-refractivity contribution in [3.8, 4) is 22.3 Å². The van der Waals surface area contributed by atoms with Gasteiger partial charge in [-0.1, -0.05) is 0 Å². The predicted molar refractivity (Wildman–Crippen MR) is 228 cm³/mol. The fourth-order valence-electron chi connectivity index (χ4n) is 9.27. The van der Waals surface area contributed by atoms with Gasteiger partial charge in [0.25, 0.3) is 0 Å². The van der Waals surface area contributed by atoms with Crippen molar-refractivity contribution in [3.63, 3.8) is 0 Å². The van der Waals surface area contributed by atoms with E-state index in [1.165, 1.54) is 83.5 Å². The van der Waals surface area contributed by atoms with E-state index in [4.69, 9.17) is 17.0 Å². The van der Waals surface area contributed by atoms with Gasteiger partial charge in [-0.2, -0.15) is 0 Å². The molecule has 2 aliphatic carbocycles. The van der Waals surface area contributed by atoms with E-state index in [2.05, 4.69) is 175 Å². The summed E-state index contributed by atoms with van der Waals surface area (Å²) in [6.07, 6.45) is 4.97. The third kappa shape index (κ3) is 6.21. The molecule has 269 valence electrons. The first-order valence-corrected chi connectivity index (χ1v) is 35.4. The van der Waals surface area contributed by atoms with Crippen molar-refractivity contribution >= 4 is 35.1 Å².